The smallest absolute Gasteiger partial charge is 0.339 e. The second-order valence-electron chi connectivity index (χ2n) is 12.1. The summed E-state index contributed by atoms with van der Waals surface area (Å²) in [6.45, 7) is 3.87. The number of carbonyl (C=O) groups excluding carboxylic acids is 2. The van der Waals surface area contributed by atoms with E-state index in [9.17, 15) is 26.4 Å². The first-order valence-electron chi connectivity index (χ1n) is 16.4. The summed E-state index contributed by atoms with van der Waals surface area (Å²) in [6, 6.07) is 37.2. The van der Waals surface area contributed by atoms with Crippen LogP contribution in [-0.2, 0) is 20.2 Å². The topological polar surface area (TPSA) is 169 Å². The molecular formula is C40H34N4O8S2. The number of hydrogen-bond donors (Lipinski definition) is 4. The molecule has 4 amide bonds. The molecule has 274 valence electrons. The third-order valence-corrected chi connectivity index (χ3v) is 10.4. The summed E-state index contributed by atoms with van der Waals surface area (Å²) in [5, 5.41) is 10.7. The number of rotatable bonds is 11. The minimum atomic E-state index is -4.24. The number of anilines is 4. The molecule has 0 aliphatic carbocycles. The third-order valence-electron chi connectivity index (χ3n) is 7.83. The van der Waals surface area contributed by atoms with Crippen LogP contribution in [0.2, 0.25) is 0 Å². The maximum atomic E-state index is 13.1. The molecule has 0 saturated heterocycles. The first-order valence-corrected chi connectivity index (χ1v) is 19.2. The maximum Gasteiger partial charge on any atom is 0.339 e. The van der Waals surface area contributed by atoms with Crippen LogP contribution in [0.4, 0.5) is 32.3 Å². The molecule has 14 heteroatoms. The number of benzene rings is 6. The third kappa shape index (κ3) is 9.82. The number of hydrogen-bond acceptors (Lipinski definition) is 8. The van der Waals surface area contributed by atoms with Gasteiger partial charge in [0.2, 0.25) is 0 Å². The number of carbonyl (C=O) groups is 2. The standard InChI is InChI=1S/C40H34N4O8S2/c1-27-9-17-31(18-10-27)41-39(45)43-33-5-3-7-35(25-33)51-53(47,48)37-21-13-29(14-22-37)30-15-23-38(24-16-30)54(49,50)52-36-8-4-6-34(26-36)44-40(46)42-32-19-11-28(2)12-20-32/h3-26H,1-2H3,(H2,41,43,45)(H2,42,44,46). The highest BCUT2D eigenvalue weighted by atomic mass is 32.2. The number of nitrogens with one attached hydrogen (secondary N) is 4. The van der Waals surface area contributed by atoms with Gasteiger partial charge in [0.25, 0.3) is 0 Å². The Morgan fingerprint density at radius 2 is 0.759 bits per heavy atom. The number of amides is 4. The van der Waals surface area contributed by atoms with Crippen molar-refractivity contribution in [2.75, 3.05) is 21.3 Å². The zero-order valence-corrected chi connectivity index (χ0v) is 30.6. The van der Waals surface area contributed by atoms with E-state index in [1.165, 1.54) is 48.5 Å². The van der Waals surface area contributed by atoms with Crippen molar-refractivity contribution in [2.45, 2.75) is 23.6 Å². The molecule has 0 saturated carbocycles. The van der Waals surface area contributed by atoms with Crippen molar-refractivity contribution in [3.05, 3.63) is 157 Å². The van der Waals surface area contributed by atoms with Crippen molar-refractivity contribution < 1.29 is 34.8 Å². The first-order chi connectivity index (χ1) is 25.8. The minimum Gasteiger partial charge on any atom is -0.379 e. The van der Waals surface area contributed by atoms with E-state index in [1.54, 1.807) is 72.8 Å². The molecular weight excluding hydrogens is 729 g/mol. The van der Waals surface area contributed by atoms with Crippen molar-refractivity contribution in [1.29, 1.82) is 0 Å². The Morgan fingerprint density at radius 3 is 1.11 bits per heavy atom. The second-order valence-corrected chi connectivity index (χ2v) is 15.2. The van der Waals surface area contributed by atoms with Crippen LogP contribution in [0, 0.1) is 13.8 Å². The Kier molecular flexibility index (Phi) is 11.0. The van der Waals surface area contributed by atoms with Crippen molar-refractivity contribution in [3.63, 3.8) is 0 Å². The van der Waals surface area contributed by atoms with E-state index < -0.39 is 32.3 Å². The van der Waals surface area contributed by atoms with Gasteiger partial charge < -0.3 is 29.6 Å². The van der Waals surface area contributed by atoms with E-state index in [-0.39, 0.29) is 21.3 Å². The van der Waals surface area contributed by atoms with Crippen LogP contribution in [0.15, 0.2) is 155 Å². The summed E-state index contributed by atoms with van der Waals surface area (Å²) in [7, 11) is -8.49. The first kappa shape index (κ1) is 37.1. The van der Waals surface area contributed by atoms with E-state index in [1.807, 2.05) is 38.1 Å². The maximum absolute atomic E-state index is 13.1. The average Bonchev–Trinajstić information content (AvgIpc) is 3.13. The fraction of sp³-hybridized carbons (Fsp3) is 0.0500. The van der Waals surface area contributed by atoms with Gasteiger partial charge in [-0.05, 0) is 97.8 Å². The molecule has 0 radical (unpaired) electrons. The Morgan fingerprint density at radius 1 is 0.426 bits per heavy atom. The molecule has 0 bridgehead atoms. The van der Waals surface area contributed by atoms with Crippen LogP contribution in [0.25, 0.3) is 11.1 Å². The summed E-state index contributed by atoms with van der Waals surface area (Å²) in [6.07, 6.45) is 0. The minimum absolute atomic E-state index is 0.00201. The Bertz CT molecular complexity index is 2330. The molecule has 12 nitrogen and oxygen atoms in total. The van der Waals surface area contributed by atoms with E-state index in [0.29, 0.717) is 33.9 Å². The van der Waals surface area contributed by atoms with E-state index in [0.717, 1.165) is 11.1 Å². The van der Waals surface area contributed by atoms with Gasteiger partial charge in [-0.15, -0.1) is 0 Å². The van der Waals surface area contributed by atoms with Gasteiger partial charge in [-0.2, -0.15) is 16.8 Å². The van der Waals surface area contributed by atoms with E-state index in [4.69, 9.17) is 8.37 Å². The van der Waals surface area contributed by atoms with Crippen LogP contribution in [-0.4, -0.2) is 28.9 Å². The zero-order chi connectivity index (χ0) is 38.3. The fourth-order valence-corrected chi connectivity index (χ4v) is 6.94. The molecule has 4 N–H and O–H groups in total. The molecule has 0 aliphatic heterocycles. The fourth-order valence-electron chi connectivity index (χ4n) is 5.09. The highest BCUT2D eigenvalue weighted by Gasteiger charge is 2.19. The Balaban J connectivity index is 1.05. The van der Waals surface area contributed by atoms with E-state index in [2.05, 4.69) is 21.3 Å². The molecule has 6 aromatic rings. The molecule has 6 aromatic carbocycles. The van der Waals surface area contributed by atoms with Crippen LogP contribution < -0.4 is 29.6 Å². The highest BCUT2D eigenvalue weighted by Crippen LogP contribution is 2.28. The van der Waals surface area contributed by atoms with Crippen LogP contribution in [0.3, 0.4) is 0 Å². The summed E-state index contributed by atoms with van der Waals surface area (Å²) < 4.78 is 63.0. The van der Waals surface area contributed by atoms with Gasteiger partial charge in [0.1, 0.15) is 21.3 Å². The summed E-state index contributed by atoms with van der Waals surface area (Å²) in [5.41, 5.74) is 5.17. The van der Waals surface area contributed by atoms with E-state index >= 15 is 0 Å². The predicted molar refractivity (Wildman–Crippen MR) is 208 cm³/mol. The predicted octanol–water partition coefficient (Wildman–Crippen LogP) is 8.79. The van der Waals surface area contributed by atoms with Crippen LogP contribution >= 0.6 is 0 Å². The van der Waals surface area contributed by atoms with Gasteiger partial charge in [-0.25, -0.2) is 9.59 Å². The summed E-state index contributed by atoms with van der Waals surface area (Å²) in [5.74, 6) is -0.00402. The molecule has 0 aliphatic rings. The molecule has 54 heavy (non-hydrogen) atoms. The Labute approximate surface area is 313 Å². The lowest BCUT2D eigenvalue weighted by Crippen LogP contribution is -2.19. The zero-order valence-electron chi connectivity index (χ0n) is 28.9. The second kappa shape index (κ2) is 15.9. The van der Waals surface area contributed by atoms with Gasteiger partial charge >= 0.3 is 32.3 Å². The molecule has 0 heterocycles. The van der Waals surface area contributed by atoms with Gasteiger partial charge in [0, 0.05) is 34.9 Å². The lowest BCUT2D eigenvalue weighted by atomic mass is 10.1. The monoisotopic (exact) mass is 762 g/mol. The van der Waals surface area contributed by atoms with Crippen molar-refractivity contribution in [2.24, 2.45) is 0 Å². The van der Waals surface area contributed by atoms with Crippen molar-refractivity contribution >= 4 is 55.0 Å². The highest BCUT2D eigenvalue weighted by molar-refractivity contribution is 7.87. The summed E-state index contributed by atoms with van der Waals surface area (Å²) in [4.78, 5) is 24.6. The number of urea groups is 2. The lowest BCUT2D eigenvalue weighted by Gasteiger charge is -2.11. The summed E-state index contributed by atoms with van der Waals surface area (Å²) >= 11 is 0. The van der Waals surface area contributed by atoms with Crippen molar-refractivity contribution in [1.82, 2.24) is 0 Å². The van der Waals surface area contributed by atoms with Gasteiger partial charge in [-0.3, -0.25) is 0 Å². The normalized spacial score (nSPS) is 11.2. The SMILES string of the molecule is Cc1ccc(NC(=O)Nc2cccc(OS(=O)(=O)c3ccc(-c4ccc(S(=O)(=O)Oc5cccc(NC(=O)Nc6ccc(C)cc6)c5)cc4)cc3)c2)cc1. The average molecular weight is 763 g/mol. The van der Waals surface area contributed by atoms with Crippen molar-refractivity contribution in [3.8, 4) is 22.6 Å². The van der Waals surface area contributed by atoms with Gasteiger partial charge in [-0.1, -0.05) is 71.8 Å². The lowest BCUT2D eigenvalue weighted by molar-refractivity contribution is 0.261. The largest absolute Gasteiger partial charge is 0.379 e. The molecule has 6 rings (SSSR count). The van der Waals surface area contributed by atoms with Crippen LogP contribution in [0.5, 0.6) is 11.5 Å². The molecule has 0 unspecified atom stereocenters. The van der Waals surface area contributed by atoms with Gasteiger partial charge in [0.15, 0.2) is 0 Å². The molecule has 0 spiro atoms. The number of aryl methyl sites for hydroxylation is 2. The quantitative estimate of drug-likeness (QED) is 0.0950. The Hall–Kier alpha value is -6.64. The van der Waals surface area contributed by atoms with Gasteiger partial charge in [0.05, 0.1) is 0 Å². The molecule has 0 atom stereocenters. The van der Waals surface area contributed by atoms with Crippen LogP contribution in [0.1, 0.15) is 11.1 Å². The molecule has 0 aromatic heterocycles. The molecule has 0 fully saturated rings.